The van der Waals surface area contributed by atoms with E-state index in [1.165, 1.54) is 38.5 Å². The third-order valence-corrected chi connectivity index (χ3v) is 5.83. The molecule has 28 heavy (non-hydrogen) atoms. The fourth-order valence-electron chi connectivity index (χ4n) is 2.63. The number of ether oxygens (including phenoxy) is 2. The quantitative estimate of drug-likeness (QED) is 0.346. The standard InChI is InChI=1S/C20H24ClNO5S/c1-14-7-9-15(10-8-14)28(24,25)22-17-12-16(18(23)6-4-5-11-21)19(26-2)13-20(17)27-3/h7-10,12-13,22H,4-6,11H2,1-3H3. The van der Waals surface area contributed by atoms with Crippen LogP contribution in [0.3, 0.4) is 0 Å². The zero-order valence-corrected chi connectivity index (χ0v) is 17.7. The molecule has 2 rings (SSSR count). The van der Waals surface area contributed by atoms with Crippen molar-refractivity contribution in [3.05, 3.63) is 47.5 Å². The zero-order valence-electron chi connectivity index (χ0n) is 16.1. The number of halogens is 1. The van der Waals surface area contributed by atoms with Crippen LogP contribution in [-0.2, 0) is 10.0 Å². The number of carbonyl (C=O) groups is 1. The third kappa shape index (κ3) is 5.39. The van der Waals surface area contributed by atoms with Crippen molar-refractivity contribution in [3.63, 3.8) is 0 Å². The molecule has 0 spiro atoms. The van der Waals surface area contributed by atoms with Crippen LogP contribution in [-0.4, -0.2) is 34.3 Å². The minimum atomic E-state index is -3.85. The minimum absolute atomic E-state index is 0.117. The summed E-state index contributed by atoms with van der Waals surface area (Å²) in [7, 11) is -0.983. The number of nitrogens with one attached hydrogen (secondary N) is 1. The highest BCUT2D eigenvalue weighted by Crippen LogP contribution is 2.35. The van der Waals surface area contributed by atoms with E-state index in [0.29, 0.717) is 30.0 Å². The second-order valence-corrected chi connectivity index (χ2v) is 8.30. The first-order valence-electron chi connectivity index (χ1n) is 8.77. The smallest absolute Gasteiger partial charge is 0.262 e. The predicted molar refractivity (Wildman–Crippen MR) is 110 cm³/mol. The maximum absolute atomic E-state index is 12.7. The van der Waals surface area contributed by atoms with Crippen LogP contribution in [0.4, 0.5) is 5.69 Å². The molecule has 0 unspecified atom stereocenters. The molecule has 0 atom stereocenters. The highest BCUT2D eigenvalue weighted by Gasteiger charge is 2.21. The van der Waals surface area contributed by atoms with E-state index in [1.54, 1.807) is 12.1 Å². The summed E-state index contributed by atoms with van der Waals surface area (Å²) in [5, 5.41) is 0. The molecule has 0 radical (unpaired) electrons. The average molecular weight is 426 g/mol. The molecule has 2 aromatic rings. The number of aryl methyl sites for hydroxylation is 1. The van der Waals surface area contributed by atoms with E-state index in [2.05, 4.69) is 4.72 Å². The van der Waals surface area contributed by atoms with Gasteiger partial charge in [-0.15, -0.1) is 11.6 Å². The van der Waals surface area contributed by atoms with E-state index >= 15 is 0 Å². The lowest BCUT2D eigenvalue weighted by Crippen LogP contribution is -2.14. The van der Waals surface area contributed by atoms with E-state index in [1.807, 2.05) is 6.92 Å². The van der Waals surface area contributed by atoms with Gasteiger partial charge in [0.15, 0.2) is 5.78 Å². The van der Waals surface area contributed by atoms with E-state index in [-0.39, 0.29) is 22.1 Å². The first-order chi connectivity index (χ1) is 13.3. The van der Waals surface area contributed by atoms with E-state index in [0.717, 1.165) is 12.0 Å². The van der Waals surface area contributed by atoms with Crippen LogP contribution in [0.15, 0.2) is 41.3 Å². The molecule has 0 heterocycles. The van der Waals surface area contributed by atoms with Crippen LogP contribution in [0.5, 0.6) is 11.5 Å². The molecule has 0 amide bonds. The maximum atomic E-state index is 12.7. The highest BCUT2D eigenvalue weighted by atomic mass is 35.5. The largest absolute Gasteiger partial charge is 0.496 e. The molecule has 6 nitrogen and oxygen atoms in total. The van der Waals surface area contributed by atoms with Crippen molar-refractivity contribution in [2.45, 2.75) is 31.1 Å². The predicted octanol–water partition coefficient (Wildman–Crippen LogP) is 4.40. The minimum Gasteiger partial charge on any atom is -0.496 e. The third-order valence-electron chi connectivity index (χ3n) is 4.19. The Balaban J connectivity index is 2.40. The van der Waals surface area contributed by atoms with Crippen molar-refractivity contribution in [1.29, 1.82) is 0 Å². The number of ketones is 1. The highest BCUT2D eigenvalue weighted by molar-refractivity contribution is 7.92. The molecule has 0 aliphatic heterocycles. The van der Waals surface area contributed by atoms with Crippen molar-refractivity contribution in [1.82, 2.24) is 0 Å². The number of benzene rings is 2. The van der Waals surface area contributed by atoms with Gasteiger partial charge in [-0.25, -0.2) is 8.42 Å². The lowest BCUT2D eigenvalue weighted by Gasteiger charge is -2.16. The molecule has 0 aliphatic rings. The summed E-state index contributed by atoms with van der Waals surface area (Å²) in [5.41, 5.74) is 1.41. The molecule has 0 saturated heterocycles. The van der Waals surface area contributed by atoms with E-state index in [9.17, 15) is 13.2 Å². The molecular weight excluding hydrogens is 402 g/mol. The number of carbonyl (C=O) groups excluding carboxylic acids is 1. The van der Waals surface area contributed by atoms with E-state index in [4.69, 9.17) is 21.1 Å². The van der Waals surface area contributed by atoms with Crippen LogP contribution >= 0.6 is 11.6 Å². The molecular formula is C20H24ClNO5S. The van der Waals surface area contributed by atoms with Crippen LogP contribution < -0.4 is 14.2 Å². The summed E-state index contributed by atoms with van der Waals surface area (Å²) in [4.78, 5) is 12.7. The fourth-order valence-corrected chi connectivity index (χ4v) is 3.88. The monoisotopic (exact) mass is 425 g/mol. The van der Waals surface area contributed by atoms with Crippen LogP contribution in [0.25, 0.3) is 0 Å². The molecule has 0 aliphatic carbocycles. The Morgan fingerprint density at radius 1 is 1.04 bits per heavy atom. The molecule has 0 saturated carbocycles. The lowest BCUT2D eigenvalue weighted by molar-refractivity contribution is 0.0977. The Kier molecular flexibility index (Phi) is 7.71. The molecule has 8 heteroatoms. The lowest BCUT2D eigenvalue weighted by atomic mass is 10.0. The van der Waals surface area contributed by atoms with Gasteiger partial charge in [0.2, 0.25) is 0 Å². The Hall–Kier alpha value is -2.25. The maximum Gasteiger partial charge on any atom is 0.262 e. The van der Waals surface area contributed by atoms with Gasteiger partial charge in [0.25, 0.3) is 10.0 Å². The van der Waals surface area contributed by atoms with Gasteiger partial charge >= 0.3 is 0 Å². The van der Waals surface area contributed by atoms with Gasteiger partial charge in [0, 0.05) is 18.4 Å². The summed E-state index contributed by atoms with van der Waals surface area (Å²) >= 11 is 5.67. The number of sulfonamides is 1. The first-order valence-corrected chi connectivity index (χ1v) is 10.8. The van der Waals surface area contributed by atoms with Gasteiger partial charge < -0.3 is 9.47 Å². The number of rotatable bonds is 10. The normalized spacial score (nSPS) is 11.1. The fraction of sp³-hybridized carbons (Fsp3) is 0.350. The molecule has 152 valence electrons. The van der Waals surface area contributed by atoms with Gasteiger partial charge in [-0.2, -0.15) is 0 Å². The Bertz CT molecular complexity index is 926. The molecule has 0 aromatic heterocycles. The van der Waals surface area contributed by atoms with Gasteiger partial charge in [-0.1, -0.05) is 17.7 Å². The second-order valence-electron chi connectivity index (χ2n) is 6.24. The number of Topliss-reactive ketones (excluding diaryl/α,β-unsaturated/α-hetero) is 1. The van der Waals surface area contributed by atoms with Gasteiger partial charge in [-0.3, -0.25) is 9.52 Å². The second kappa shape index (κ2) is 9.80. The zero-order chi connectivity index (χ0) is 20.7. The van der Waals surface area contributed by atoms with Crippen molar-refractivity contribution in [2.24, 2.45) is 0 Å². The summed E-state index contributed by atoms with van der Waals surface area (Å²) in [6, 6.07) is 9.42. The van der Waals surface area contributed by atoms with Crippen molar-refractivity contribution < 1.29 is 22.7 Å². The number of alkyl halides is 1. The van der Waals surface area contributed by atoms with Gasteiger partial charge in [0.1, 0.15) is 11.5 Å². The number of anilines is 1. The summed E-state index contributed by atoms with van der Waals surface area (Å²) in [5.74, 6) is 0.908. The Morgan fingerprint density at radius 2 is 1.68 bits per heavy atom. The number of unbranched alkanes of at least 4 members (excludes halogenated alkanes) is 1. The Morgan fingerprint density at radius 3 is 2.25 bits per heavy atom. The van der Waals surface area contributed by atoms with Crippen LogP contribution in [0, 0.1) is 6.92 Å². The SMILES string of the molecule is COc1cc(OC)c(C(=O)CCCCCl)cc1NS(=O)(=O)c1ccc(C)cc1. The van der Waals surface area contributed by atoms with Gasteiger partial charge in [-0.05, 0) is 38.0 Å². The number of hydrogen-bond donors (Lipinski definition) is 1. The topological polar surface area (TPSA) is 81.7 Å². The molecule has 2 aromatic carbocycles. The van der Waals surface area contributed by atoms with E-state index < -0.39 is 10.0 Å². The van der Waals surface area contributed by atoms with Crippen LogP contribution in [0.1, 0.15) is 35.2 Å². The van der Waals surface area contributed by atoms with Crippen molar-refractivity contribution in [3.8, 4) is 11.5 Å². The van der Waals surface area contributed by atoms with Gasteiger partial charge in [0.05, 0.1) is 30.4 Å². The first kappa shape index (κ1) is 22.0. The van der Waals surface area contributed by atoms with Crippen molar-refractivity contribution >= 4 is 33.1 Å². The average Bonchev–Trinajstić information content (AvgIpc) is 2.67. The number of methoxy groups -OCH3 is 2. The van der Waals surface area contributed by atoms with Crippen LogP contribution in [0.2, 0.25) is 0 Å². The molecule has 1 N–H and O–H groups in total. The summed E-state index contributed by atoms with van der Waals surface area (Å²) < 4.78 is 38.5. The molecule has 0 bridgehead atoms. The summed E-state index contributed by atoms with van der Waals surface area (Å²) in [6.07, 6.45) is 1.65. The summed E-state index contributed by atoms with van der Waals surface area (Å²) in [6.45, 7) is 1.87. The number of hydrogen-bond acceptors (Lipinski definition) is 5. The van der Waals surface area contributed by atoms with Crippen molar-refractivity contribution in [2.75, 3.05) is 24.8 Å². The Labute approximate surface area is 170 Å². The molecule has 0 fully saturated rings.